The molecule has 1 unspecified atom stereocenters. The van der Waals surface area contributed by atoms with Crippen molar-refractivity contribution in [3.8, 4) is 0 Å². The summed E-state index contributed by atoms with van der Waals surface area (Å²) in [6.07, 6.45) is 2.07. The number of aliphatic hydroxyl groups excluding tert-OH is 1. The summed E-state index contributed by atoms with van der Waals surface area (Å²) >= 11 is 0. The zero-order valence-corrected chi connectivity index (χ0v) is 6.55. The van der Waals surface area contributed by atoms with Crippen molar-refractivity contribution in [2.45, 2.75) is 39.2 Å². The topological polar surface area (TPSA) is 37.3 Å². The number of rotatable bonds is 3. The first-order chi connectivity index (χ1) is 4.54. The van der Waals surface area contributed by atoms with Crippen LogP contribution in [0.5, 0.6) is 0 Å². The van der Waals surface area contributed by atoms with Crippen molar-refractivity contribution in [1.29, 1.82) is 0 Å². The van der Waals surface area contributed by atoms with Gasteiger partial charge in [-0.2, -0.15) is 0 Å². The number of hydrogen-bond donors (Lipinski definition) is 1. The molecule has 0 spiro atoms. The highest BCUT2D eigenvalue weighted by Crippen LogP contribution is 2.48. The maximum atomic E-state index is 10.6. The van der Waals surface area contributed by atoms with Crippen LogP contribution in [0.3, 0.4) is 0 Å². The second-order valence-corrected chi connectivity index (χ2v) is 3.58. The number of carbonyl (C=O) groups excluding carboxylic acids is 1. The zero-order valence-electron chi connectivity index (χ0n) is 6.55. The molecule has 1 aliphatic rings. The van der Waals surface area contributed by atoms with E-state index in [1.165, 1.54) is 6.92 Å². The van der Waals surface area contributed by atoms with Gasteiger partial charge in [0.25, 0.3) is 0 Å². The molecule has 0 saturated heterocycles. The molecule has 0 heterocycles. The third-order valence-electron chi connectivity index (χ3n) is 2.32. The fourth-order valence-electron chi connectivity index (χ4n) is 1.05. The van der Waals surface area contributed by atoms with Crippen molar-refractivity contribution in [3.63, 3.8) is 0 Å². The number of Topliss-reactive ketones (excluding diaryl/α,β-unsaturated/α-hetero) is 1. The van der Waals surface area contributed by atoms with Crippen LogP contribution in [0.25, 0.3) is 0 Å². The van der Waals surface area contributed by atoms with E-state index in [1.54, 1.807) is 0 Å². The molecule has 2 heteroatoms. The van der Waals surface area contributed by atoms with Crippen LogP contribution in [0.2, 0.25) is 0 Å². The summed E-state index contributed by atoms with van der Waals surface area (Å²) in [6.45, 7) is 3.55. The van der Waals surface area contributed by atoms with E-state index in [2.05, 4.69) is 0 Å². The Kier molecular flexibility index (Phi) is 1.82. The third-order valence-corrected chi connectivity index (χ3v) is 2.32. The molecule has 2 nitrogen and oxygen atoms in total. The van der Waals surface area contributed by atoms with Crippen LogP contribution in [0, 0.1) is 5.41 Å². The predicted molar refractivity (Wildman–Crippen MR) is 38.6 cm³/mol. The molecule has 58 valence electrons. The minimum absolute atomic E-state index is 0.0751. The highest BCUT2D eigenvalue weighted by Gasteiger charge is 2.44. The standard InChI is InChI=1S/C8H14O2/c1-6(9)5-7(10)8(2)3-4-8/h7,10H,3-5H2,1-2H3. The third kappa shape index (κ3) is 1.57. The average molecular weight is 142 g/mol. The normalized spacial score (nSPS) is 23.9. The lowest BCUT2D eigenvalue weighted by Crippen LogP contribution is -2.21. The molecule has 0 aliphatic heterocycles. The van der Waals surface area contributed by atoms with Gasteiger partial charge in [-0.05, 0) is 25.2 Å². The van der Waals surface area contributed by atoms with Gasteiger partial charge >= 0.3 is 0 Å². The van der Waals surface area contributed by atoms with Gasteiger partial charge in [0.1, 0.15) is 5.78 Å². The predicted octanol–water partition coefficient (Wildman–Crippen LogP) is 1.13. The molecule has 0 radical (unpaired) electrons. The van der Waals surface area contributed by atoms with Crippen LogP contribution in [-0.2, 0) is 4.79 Å². The highest BCUT2D eigenvalue weighted by atomic mass is 16.3. The van der Waals surface area contributed by atoms with Crippen LogP contribution in [0.1, 0.15) is 33.1 Å². The Labute approximate surface area is 61.2 Å². The van der Waals surface area contributed by atoms with E-state index in [0.29, 0.717) is 6.42 Å². The quantitative estimate of drug-likeness (QED) is 0.641. The molecule has 0 aromatic carbocycles. The molecule has 1 saturated carbocycles. The molecule has 0 amide bonds. The summed E-state index contributed by atoms with van der Waals surface area (Å²) in [6, 6.07) is 0. The molecule has 1 aliphatic carbocycles. The van der Waals surface area contributed by atoms with Crippen LogP contribution >= 0.6 is 0 Å². The average Bonchev–Trinajstić information content (AvgIpc) is 2.47. The molecule has 10 heavy (non-hydrogen) atoms. The molecule has 0 bridgehead atoms. The monoisotopic (exact) mass is 142 g/mol. The minimum Gasteiger partial charge on any atom is -0.392 e. The molecule has 0 aromatic heterocycles. The van der Waals surface area contributed by atoms with Crippen LogP contribution in [0.15, 0.2) is 0 Å². The first kappa shape index (κ1) is 7.73. The lowest BCUT2D eigenvalue weighted by Gasteiger charge is -2.14. The van der Waals surface area contributed by atoms with Crippen LogP contribution in [0.4, 0.5) is 0 Å². The Morgan fingerprint density at radius 1 is 1.70 bits per heavy atom. The molecule has 1 atom stereocenters. The van der Waals surface area contributed by atoms with Crippen molar-refractivity contribution >= 4 is 5.78 Å². The zero-order chi connectivity index (χ0) is 7.78. The largest absolute Gasteiger partial charge is 0.392 e. The van der Waals surface area contributed by atoms with E-state index in [0.717, 1.165) is 12.8 Å². The first-order valence-electron chi connectivity index (χ1n) is 3.72. The summed E-state index contributed by atoms with van der Waals surface area (Å²) in [4.78, 5) is 10.6. The Morgan fingerprint density at radius 2 is 2.20 bits per heavy atom. The van der Waals surface area contributed by atoms with E-state index in [4.69, 9.17) is 0 Å². The fourth-order valence-corrected chi connectivity index (χ4v) is 1.05. The van der Waals surface area contributed by atoms with Gasteiger partial charge in [0.05, 0.1) is 6.10 Å². The smallest absolute Gasteiger partial charge is 0.132 e. The molecular formula is C8H14O2. The summed E-state index contributed by atoms with van der Waals surface area (Å²) in [5, 5.41) is 9.40. The SMILES string of the molecule is CC(=O)CC(O)C1(C)CC1. The highest BCUT2D eigenvalue weighted by molar-refractivity contribution is 5.76. The lowest BCUT2D eigenvalue weighted by molar-refractivity contribution is -0.119. The van der Waals surface area contributed by atoms with Gasteiger partial charge < -0.3 is 5.11 Å². The van der Waals surface area contributed by atoms with E-state index in [1.807, 2.05) is 6.92 Å². The Bertz CT molecular complexity index is 147. The number of ketones is 1. The Balaban J connectivity index is 2.34. The van der Waals surface area contributed by atoms with Gasteiger partial charge in [0.15, 0.2) is 0 Å². The van der Waals surface area contributed by atoms with E-state index in [9.17, 15) is 9.90 Å². The van der Waals surface area contributed by atoms with Gasteiger partial charge in [-0.15, -0.1) is 0 Å². The minimum atomic E-state index is -0.398. The van der Waals surface area contributed by atoms with Crippen LogP contribution < -0.4 is 0 Å². The lowest BCUT2D eigenvalue weighted by atomic mass is 9.98. The van der Waals surface area contributed by atoms with Crippen molar-refractivity contribution < 1.29 is 9.90 Å². The van der Waals surface area contributed by atoms with Gasteiger partial charge in [-0.1, -0.05) is 6.92 Å². The van der Waals surface area contributed by atoms with E-state index >= 15 is 0 Å². The second kappa shape index (κ2) is 2.35. The van der Waals surface area contributed by atoms with Crippen molar-refractivity contribution in [2.24, 2.45) is 5.41 Å². The van der Waals surface area contributed by atoms with Crippen molar-refractivity contribution in [1.82, 2.24) is 0 Å². The maximum Gasteiger partial charge on any atom is 0.132 e. The molecular weight excluding hydrogens is 128 g/mol. The number of aliphatic hydroxyl groups is 1. The van der Waals surface area contributed by atoms with Crippen LogP contribution in [-0.4, -0.2) is 17.0 Å². The maximum absolute atomic E-state index is 10.6. The van der Waals surface area contributed by atoms with Gasteiger partial charge in [0, 0.05) is 6.42 Å². The molecule has 1 N–H and O–H groups in total. The fraction of sp³-hybridized carbons (Fsp3) is 0.875. The Morgan fingerprint density at radius 3 is 2.50 bits per heavy atom. The van der Waals surface area contributed by atoms with E-state index < -0.39 is 6.10 Å². The van der Waals surface area contributed by atoms with E-state index in [-0.39, 0.29) is 11.2 Å². The number of hydrogen-bond acceptors (Lipinski definition) is 2. The van der Waals surface area contributed by atoms with Crippen molar-refractivity contribution in [2.75, 3.05) is 0 Å². The number of carbonyl (C=O) groups is 1. The van der Waals surface area contributed by atoms with Gasteiger partial charge in [-0.25, -0.2) is 0 Å². The first-order valence-corrected chi connectivity index (χ1v) is 3.72. The molecule has 1 fully saturated rings. The Hall–Kier alpha value is -0.370. The summed E-state index contributed by atoms with van der Waals surface area (Å²) in [5.74, 6) is 0.0839. The summed E-state index contributed by atoms with van der Waals surface area (Å²) in [5.41, 5.74) is 0.0751. The summed E-state index contributed by atoms with van der Waals surface area (Å²) < 4.78 is 0. The second-order valence-electron chi connectivity index (χ2n) is 3.58. The molecule has 0 aromatic rings. The molecule has 1 rings (SSSR count). The summed E-state index contributed by atoms with van der Waals surface area (Å²) in [7, 11) is 0. The van der Waals surface area contributed by atoms with Gasteiger partial charge in [-0.3, -0.25) is 4.79 Å². The van der Waals surface area contributed by atoms with Crippen molar-refractivity contribution in [3.05, 3.63) is 0 Å². The van der Waals surface area contributed by atoms with Gasteiger partial charge in [0.2, 0.25) is 0 Å².